The summed E-state index contributed by atoms with van der Waals surface area (Å²) in [6.45, 7) is 4.66. The quantitative estimate of drug-likeness (QED) is 0.247. The van der Waals surface area contributed by atoms with Crippen LogP contribution in [0.3, 0.4) is 0 Å². The number of anilines is 1. The van der Waals surface area contributed by atoms with Crippen LogP contribution in [-0.2, 0) is 0 Å². The summed E-state index contributed by atoms with van der Waals surface area (Å²) in [6.07, 6.45) is 5.96. The Labute approximate surface area is 270 Å². The summed E-state index contributed by atoms with van der Waals surface area (Å²) in [7, 11) is 0. The van der Waals surface area contributed by atoms with E-state index in [0.29, 0.717) is 41.7 Å². The number of likely N-dealkylation sites (tertiary alicyclic amines) is 1. The molecule has 5 atom stereocenters. The maximum atomic E-state index is 16.7. The van der Waals surface area contributed by atoms with Crippen LogP contribution >= 0.6 is 0 Å². The second-order valence-corrected chi connectivity index (χ2v) is 14.7. The molecule has 11 heteroatoms. The summed E-state index contributed by atoms with van der Waals surface area (Å²) in [4.78, 5) is 14.1. The Balaban J connectivity index is 1.08. The lowest BCUT2D eigenvalue weighted by Gasteiger charge is -2.34. The molecule has 9 rings (SSSR count). The number of aromatic hydroxyl groups is 1. The Hall–Kier alpha value is -3.67. The first-order valence-electron chi connectivity index (χ1n) is 16.9. The summed E-state index contributed by atoms with van der Waals surface area (Å²) in [5.41, 5.74) is 0.0440. The fraction of sp³-hybridized carbons (Fsp3) is 0.500. The Morgan fingerprint density at radius 1 is 0.894 bits per heavy atom. The number of halogens is 3. The number of nitrogens with one attached hydrogen (secondary N) is 1. The first kappa shape index (κ1) is 29.5. The number of hydrogen-bond acceptors (Lipinski definition) is 8. The molecule has 0 amide bonds. The van der Waals surface area contributed by atoms with E-state index in [4.69, 9.17) is 9.72 Å². The van der Waals surface area contributed by atoms with Crippen molar-refractivity contribution in [2.45, 2.75) is 56.7 Å². The van der Waals surface area contributed by atoms with E-state index in [1.54, 1.807) is 6.07 Å². The van der Waals surface area contributed by atoms with E-state index < -0.39 is 17.5 Å². The van der Waals surface area contributed by atoms with Crippen LogP contribution < -0.4 is 15.0 Å². The number of aromatic nitrogens is 2. The van der Waals surface area contributed by atoms with Gasteiger partial charge in [0.05, 0.1) is 12.7 Å². The van der Waals surface area contributed by atoms with Crippen LogP contribution in [0.2, 0.25) is 0 Å². The van der Waals surface area contributed by atoms with Crippen molar-refractivity contribution in [3.63, 3.8) is 0 Å². The number of aliphatic hydroxyl groups is 1. The van der Waals surface area contributed by atoms with Gasteiger partial charge in [-0.2, -0.15) is 9.97 Å². The number of phenols is 1. The third-order valence-electron chi connectivity index (χ3n) is 11.5. The first-order chi connectivity index (χ1) is 22.7. The molecule has 0 spiro atoms. The molecule has 3 saturated heterocycles. The van der Waals surface area contributed by atoms with Crippen molar-refractivity contribution in [1.29, 1.82) is 0 Å². The Morgan fingerprint density at radius 3 is 2.47 bits per heavy atom. The summed E-state index contributed by atoms with van der Waals surface area (Å²) >= 11 is 0. The van der Waals surface area contributed by atoms with E-state index >= 15 is 8.78 Å². The Morgan fingerprint density at radius 2 is 1.70 bits per heavy atom. The van der Waals surface area contributed by atoms with Crippen LogP contribution in [0, 0.1) is 34.7 Å². The molecule has 47 heavy (non-hydrogen) atoms. The molecule has 8 nitrogen and oxygen atoms in total. The van der Waals surface area contributed by atoms with Gasteiger partial charge in [-0.05, 0) is 79.7 Å². The molecule has 2 aliphatic carbocycles. The van der Waals surface area contributed by atoms with Gasteiger partial charge in [0.25, 0.3) is 0 Å². The number of hydrogen-bond donors (Lipinski definition) is 3. The van der Waals surface area contributed by atoms with E-state index in [1.165, 1.54) is 24.3 Å². The molecule has 3 aliphatic heterocycles. The van der Waals surface area contributed by atoms with Gasteiger partial charge in [-0.25, -0.2) is 13.2 Å². The molecule has 4 heterocycles. The predicted molar refractivity (Wildman–Crippen MR) is 172 cm³/mol. The molecule has 2 saturated carbocycles. The number of fused-ring (bicyclic) bond motifs is 5. The van der Waals surface area contributed by atoms with E-state index in [-0.39, 0.29) is 50.7 Å². The fourth-order valence-electron chi connectivity index (χ4n) is 8.88. The van der Waals surface area contributed by atoms with Gasteiger partial charge in [-0.1, -0.05) is 12.1 Å². The van der Waals surface area contributed by atoms with E-state index in [2.05, 4.69) is 20.1 Å². The fourth-order valence-corrected chi connectivity index (χ4v) is 8.88. The summed E-state index contributed by atoms with van der Waals surface area (Å²) in [6, 6.07) is 8.92. The highest BCUT2D eigenvalue weighted by molar-refractivity contribution is 6.01. The molecule has 246 valence electrons. The summed E-state index contributed by atoms with van der Waals surface area (Å²) in [5, 5.41) is 25.1. The highest BCUT2D eigenvalue weighted by Crippen LogP contribution is 2.49. The maximum absolute atomic E-state index is 16.7. The zero-order valence-electron chi connectivity index (χ0n) is 26.1. The Kier molecular flexibility index (Phi) is 6.85. The standard InChI is InChI=1S/C36H38F3N5O3/c37-28-7-1-19-11-23(45)12-26(30(19)32(28)39)24-5-6-25-33(31(24)38)41-35(42-34(25)44-14-21-3-4-22(15-44)40-21)47-18-36(9-10-36)17-43-13-20-2-8-29(46)27(20)16-43/h1,5-7,11-12,20-22,27,29,40,45-46H,2-4,8-10,13-18H2. The summed E-state index contributed by atoms with van der Waals surface area (Å²) < 4.78 is 52.6. The normalized spacial score (nSPS) is 28.0. The van der Waals surface area contributed by atoms with E-state index in [0.717, 1.165) is 77.3 Å². The molecule has 2 bridgehead atoms. The molecule has 4 aromatic rings. The lowest BCUT2D eigenvalue weighted by molar-refractivity contribution is 0.116. The van der Waals surface area contributed by atoms with Crippen molar-refractivity contribution in [3.8, 4) is 22.9 Å². The number of phenolic OH excluding ortho intramolecular Hbond substituents is 1. The van der Waals surface area contributed by atoms with E-state index in [1.807, 2.05) is 0 Å². The monoisotopic (exact) mass is 645 g/mol. The average molecular weight is 646 g/mol. The minimum atomic E-state index is -1.11. The molecule has 3 N–H and O–H groups in total. The smallest absolute Gasteiger partial charge is 0.319 e. The van der Waals surface area contributed by atoms with Crippen LogP contribution in [0.4, 0.5) is 19.0 Å². The van der Waals surface area contributed by atoms with E-state index in [9.17, 15) is 14.6 Å². The van der Waals surface area contributed by atoms with Gasteiger partial charge in [0.1, 0.15) is 17.1 Å². The van der Waals surface area contributed by atoms with Crippen molar-refractivity contribution in [2.75, 3.05) is 44.2 Å². The van der Waals surface area contributed by atoms with Gasteiger partial charge in [0.2, 0.25) is 0 Å². The third-order valence-corrected chi connectivity index (χ3v) is 11.5. The highest BCUT2D eigenvalue weighted by atomic mass is 19.2. The van der Waals surface area contributed by atoms with Gasteiger partial charge < -0.3 is 30.1 Å². The number of ether oxygens (including phenoxy) is 1. The SMILES string of the molecule is Oc1cc(-c2ccc3c(N4CC5CCC(C4)N5)nc(OCC4(CN5CC6CCC(O)C6C5)CC4)nc3c2F)c2c(F)c(F)ccc2c1. The van der Waals surface area contributed by atoms with Gasteiger partial charge in [-0.15, -0.1) is 0 Å². The van der Waals surface area contributed by atoms with Crippen LogP contribution in [0.5, 0.6) is 11.8 Å². The lowest BCUT2D eigenvalue weighted by atomic mass is 9.95. The van der Waals surface area contributed by atoms with Crippen LogP contribution in [0.25, 0.3) is 32.8 Å². The number of rotatable bonds is 7. The zero-order valence-corrected chi connectivity index (χ0v) is 26.1. The molecular formula is C36H38F3N5O3. The third kappa shape index (κ3) is 5.09. The molecule has 3 aromatic carbocycles. The minimum absolute atomic E-state index is 0.000636. The maximum Gasteiger partial charge on any atom is 0.319 e. The number of aliphatic hydroxyl groups excluding tert-OH is 1. The van der Waals surface area contributed by atoms with Crippen molar-refractivity contribution >= 4 is 27.5 Å². The van der Waals surface area contributed by atoms with Gasteiger partial charge in [0.15, 0.2) is 17.5 Å². The zero-order chi connectivity index (χ0) is 32.0. The minimum Gasteiger partial charge on any atom is -0.508 e. The Bertz CT molecular complexity index is 1890. The molecule has 5 fully saturated rings. The van der Waals surface area contributed by atoms with Crippen LogP contribution in [0.1, 0.15) is 38.5 Å². The van der Waals surface area contributed by atoms with Crippen molar-refractivity contribution in [1.82, 2.24) is 20.2 Å². The number of nitrogens with zero attached hydrogens (tertiary/aromatic N) is 4. The average Bonchev–Trinajstić information content (AvgIpc) is 3.38. The molecule has 5 unspecified atom stereocenters. The lowest BCUT2D eigenvalue weighted by Crippen LogP contribution is -2.51. The largest absolute Gasteiger partial charge is 0.508 e. The van der Waals surface area contributed by atoms with Gasteiger partial charge >= 0.3 is 6.01 Å². The molecular weight excluding hydrogens is 607 g/mol. The highest BCUT2D eigenvalue weighted by Gasteiger charge is 2.49. The van der Waals surface area contributed by atoms with Crippen molar-refractivity contribution < 1.29 is 28.1 Å². The topological polar surface area (TPSA) is 94.0 Å². The second kappa shape index (κ2) is 10.9. The molecule has 5 aliphatic rings. The molecule has 0 radical (unpaired) electrons. The van der Waals surface area contributed by atoms with Crippen LogP contribution in [-0.4, -0.2) is 82.6 Å². The van der Waals surface area contributed by atoms with Crippen LogP contribution in [0.15, 0.2) is 36.4 Å². The first-order valence-corrected chi connectivity index (χ1v) is 16.9. The van der Waals surface area contributed by atoms with Crippen molar-refractivity contribution in [3.05, 3.63) is 53.8 Å². The number of piperazine rings is 1. The predicted octanol–water partition coefficient (Wildman–Crippen LogP) is 5.38. The second-order valence-electron chi connectivity index (χ2n) is 14.7. The molecule has 1 aromatic heterocycles. The van der Waals surface area contributed by atoms with Gasteiger partial charge in [0, 0.05) is 72.5 Å². The van der Waals surface area contributed by atoms with Crippen molar-refractivity contribution in [2.24, 2.45) is 17.3 Å². The summed E-state index contributed by atoms with van der Waals surface area (Å²) in [5.74, 6) is -1.54. The van der Waals surface area contributed by atoms with Gasteiger partial charge in [-0.3, -0.25) is 0 Å². The number of benzene rings is 3.